The second-order valence-corrected chi connectivity index (χ2v) is 32.3. The number of aryl methyl sites for hydroxylation is 2. The second-order valence-electron chi connectivity index (χ2n) is 29.2. The van der Waals surface area contributed by atoms with Crippen LogP contribution in [-0.2, 0) is 56.1 Å². The van der Waals surface area contributed by atoms with E-state index in [0.717, 1.165) is 75.1 Å². The first-order chi connectivity index (χ1) is 47.9. The molecule has 0 radical (unpaired) electrons. The number of ether oxygens (including phenoxy) is 3. The molecule has 9 aromatic rings. The van der Waals surface area contributed by atoms with Gasteiger partial charge in [-0.05, 0) is 190 Å². The summed E-state index contributed by atoms with van der Waals surface area (Å²) in [5.41, 5.74) is 7.98. The molecule has 6 heterocycles. The number of hydrogen-bond acceptors (Lipinski definition) is 21. The van der Waals surface area contributed by atoms with Gasteiger partial charge in [0.1, 0.15) is 42.9 Å². The van der Waals surface area contributed by atoms with Crippen molar-refractivity contribution < 1.29 is 56.5 Å². The average molecular weight is 1430 g/mol. The number of nitrogens with one attached hydrogen (secondary N) is 1. The summed E-state index contributed by atoms with van der Waals surface area (Å²) in [5.74, 6) is 1.01. The molecule has 102 heavy (non-hydrogen) atoms. The number of carbonyl (C=O) groups is 3. The number of carbonyl (C=O) groups excluding carboxylic acids is 3. The monoisotopic (exact) mass is 1430 g/mol. The van der Waals surface area contributed by atoms with Gasteiger partial charge in [-0.25, -0.2) is 24.5 Å². The third-order valence-corrected chi connectivity index (χ3v) is 22.2. The maximum atomic E-state index is 13.2. The first kappa shape index (κ1) is 75.9. The Hall–Kier alpha value is -8.78. The summed E-state index contributed by atoms with van der Waals surface area (Å²) in [6.07, 6.45) is -0.785. The third kappa shape index (κ3) is 17.1. The first-order valence-electron chi connectivity index (χ1n) is 33.4. The first-order valence-corrected chi connectivity index (χ1v) is 35.9. The maximum Gasteiger partial charge on any atom is 0.495 e. The Balaban J connectivity index is 0.000000167. The van der Waals surface area contributed by atoms with Gasteiger partial charge in [0.05, 0.1) is 64.3 Å². The quantitative estimate of drug-likeness (QED) is 0.0881. The normalized spacial score (nSPS) is 16.6. The van der Waals surface area contributed by atoms with Crippen LogP contribution in [0.25, 0.3) is 30.6 Å². The number of thiazole rings is 3. The molecule has 27 heteroatoms. The molecule has 0 bridgehead atoms. The number of hydrogen-bond donors (Lipinski definition) is 1. The maximum absolute atomic E-state index is 13.2. The summed E-state index contributed by atoms with van der Waals surface area (Å²) in [5, 5.41) is 31.3. The van der Waals surface area contributed by atoms with Gasteiger partial charge in [0.2, 0.25) is 5.91 Å². The minimum absolute atomic E-state index is 0.0841. The Bertz CT molecular complexity index is 4710. The molecule has 3 fully saturated rings. The molecule has 21 nitrogen and oxygen atoms in total. The van der Waals surface area contributed by atoms with E-state index in [9.17, 15) is 14.4 Å². The number of rotatable bonds is 16. The zero-order chi connectivity index (χ0) is 74.1. The van der Waals surface area contributed by atoms with Gasteiger partial charge in [-0.2, -0.15) is 15.8 Å². The van der Waals surface area contributed by atoms with Gasteiger partial charge in [0, 0.05) is 45.4 Å². The molecule has 0 atom stereocenters. The highest BCUT2D eigenvalue weighted by Crippen LogP contribution is 2.41. The molecule has 3 aromatic heterocycles. The molecule has 0 unspecified atom stereocenters. The second kappa shape index (κ2) is 29.9. The molecular weight excluding hydrogens is 1350 g/mol. The van der Waals surface area contributed by atoms with Crippen molar-refractivity contribution in [2.75, 3.05) is 32.5 Å². The summed E-state index contributed by atoms with van der Waals surface area (Å²) in [4.78, 5) is 53.6. The molecule has 3 saturated heterocycles. The lowest BCUT2D eigenvalue weighted by atomic mass is 9.66. The third-order valence-electron chi connectivity index (χ3n) is 19.4. The molecule has 12 rings (SSSR count). The summed E-state index contributed by atoms with van der Waals surface area (Å²) in [6, 6.07) is 42.2. The van der Waals surface area contributed by atoms with Gasteiger partial charge in [-0.1, -0.05) is 80.1 Å². The Morgan fingerprint density at radius 1 is 0.539 bits per heavy atom. The van der Waals surface area contributed by atoms with Crippen LogP contribution >= 0.6 is 34.0 Å². The number of nitriles is 3. The predicted molar refractivity (Wildman–Crippen MR) is 401 cm³/mol. The van der Waals surface area contributed by atoms with Gasteiger partial charge in [0.25, 0.3) is 0 Å². The Kier molecular flexibility index (Phi) is 22.2. The fraction of sp³-hybridized carbons (Fsp3) is 0.400. The molecule has 0 aliphatic carbocycles. The molecule has 1 N–H and O–H groups in total. The van der Waals surface area contributed by atoms with Crippen molar-refractivity contribution in [3.63, 3.8) is 0 Å². The van der Waals surface area contributed by atoms with E-state index in [4.69, 9.17) is 57.9 Å². The van der Waals surface area contributed by atoms with E-state index in [2.05, 4.69) is 72.2 Å². The topological polar surface area (TPSA) is 263 Å². The Labute approximate surface area is 609 Å². The van der Waals surface area contributed by atoms with Gasteiger partial charge in [-0.15, -0.1) is 34.0 Å². The van der Waals surface area contributed by atoms with Gasteiger partial charge < -0.3 is 57.3 Å². The highest BCUT2D eigenvalue weighted by Gasteiger charge is 2.55. The lowest BCUT2D eigenvalue weighted by Gasteiger charge is -2.32. The smallest absolute Gasteiger partial charge is 0.489 e. The average Bonchev–Trinajstić information content (AvgIpc) is 1.55. The van der Waals surface area contributed by atoms with E-state index in [1.807, 2.05) is 174 Å². The summed E-state index contributed by atoms with van der Waals surface area (Å²) in [7, 11) is 1.81. The zero-order valence-electron chi connectivity index (χ0n) is 60.9. The van der Waals surface area contributed by atoms with Crippen molar-refractivity contribution in [3.8, 4) is 29.7 Å². The lowest BCUT2D eigenvalue weighted by molar-refractivity contribution is -0.117. The zero-order valence-corrected chi connectivity index (χ0v) is 63.4. The summed E-state index contributed by atoms with van der Waals surface area (Å²) < 4.78 is 56.8. The highest BCUT2D eigenvalue weighted by atomic mass is 32.1. The van der Waals surface area contributed by atoms with Crippen LogP contribution in [0.15, 0.2) is 115 Å². The SMILES string of the molecule is CC1(C)OB(c2ccccc2COc2ccc3nc(C#N)sc3c2)OC1(C)C.CN(CCN(C)C(=O)Oc1ccc2nc(C#N)sc2c1)C(=O)OCc1ccc(B2OC(C)(C)C(C)(C)O2)cc1.Cc1cc(C)c(C(C)(C)CC(=O)Nc2ccc3nc(C#N)sc3c2)c(B2OC(C)(C)C(C)(C)O2)c1. The lowest BCUT2D eigenvalue weighted by Crippen LogP contribution is -2.42. The molecule has 528 valence electrons. The van der Waals surface area contributed by atoms with Gasteiger partial charge in [0.15, 0.2) is 15.0 Å². The van der Waals surface area contributed by atoms with E-state index in [-0.39, 0.29) is 43.2 Å². The van der Waals surface area contributed by atoms with Crippen LogP contribution in [0.4, 0.5) is 15.3 Å². The van der Waals surface area contributed by atoms with E-state index < -0.39 is 61.4 Å². The van der Waals surface area contributed by atoms with Crippen molar-refractivity contribution in [1.29, 1.82) is 15.8 Å². The van der Waals surface area contributed by atoms with Crippen LogP contribution < -0.4 is 31.2 Å². The van der Waals surface area contributed by atoms with E-state index in [1.54, 1.807) is 32.3 Å². The minimum Gasteiger partial charge on any atom is -0.489 e. The van der Waals surface area contributed by atoms with Crippen molar-refractivity contribution in [1.82, 2.24) is 24.8 Å². The van der Waals surface area contributed by atoms with Crippen molar-refractivity contribution in [2.45, 2.75) is 169 Å². The molecule has 6 aromatic carbocycles. The standard InChI is InChI=1S/C27H31BN4O6S.C27H32BN3O3S.C21H21BN2O3S/c1-26(2)27(3,4)38-28(37-26)19-9-7-18(8-10-19)17-35-24(33)31(5)13-14-32(6)25(34)36-20-11-12-21-22(15-20)39-23(16-29)30-21;1-16-11-17(2)24(19(12-16)28-33-26(5,6)27(7,8)34-28)25(3,4)14-22(32)30-18-9-10-20-21(13-18)35-23(15-29)31-20;1-20(2)21(3,4)27-22(26-20)16-8-6-5-7-14(16)13-25-15-9-10-17-18(11-15)28-19(12-23)24-17/h7-12,15H,13-14,17H2,1-6H3;9-13H,14H2,1-8H3,(H,30,32);5-11H,13H2,1-4H3. The molecule has 0 spiro atoms. The van der Waals surface area contributed by atoms with Crippen molar-refractivity contribution >= 4 is 126 Å². The number of anilines is 1. The largest absolute Gasteiger partial charge is 0.495 e. The summed E-state index contributed by atoms with van der Waals surface area (Å²) >= 11 is 3.91. The number of nitrogens with zero attached hydrogens (tertiary/aromatic N) is 8. The molecule has 3 aliphatic rings. The van der Waals surface area contributed by atoms with Crippen LogP contribution in [0.5, 0.6) is 11.5 Å². The number of amides is 3. The summed E-state index contributed by atoms with van der Waals surface area (Å²) in [6.45, 7) is 33.8. The van der Waals surface area contributed by atoms with Crippen LogP contribution in [0.1, 0.15) is 146 Å². The predicted octanol–water partition coefficient (Wildman–Crippen LogP) is 13.6. The Morgan fingerprint density at radius 3 is 1.51 bits per heavy atom. The van der Waals surface area contributed by atoms with Crippen LogP contribution in [0, 0.1) is 47.8 Å². The number of likely N-dealkylation sites (N-methyl/N-ethyl adjacent to an activating group) is 2. The van der Waals surface area contributed by atoms with Crippen LogP contribution in [0.2, 0.25) is 0 Å². The molecule has 0 saturated carbocycles. The molecule has 3 aliphatic heterocycles. The number of benzene rings is 6. The van der Waals surface area contributed by atoms with Gasteiger partial charge >= 0.3 is 33.5 Å². The fourth-order valence-electron chi connectivity index (χ4n) is 11.6. The van der Waals surface area contributed by atoms with E-state index >= 15 is 0 Å². The molecule has 3 amide bonds. The van der Waals surface area contributed by atoms with E-state index in [1.165, 1.54) is 43.8 Å². The minimum atomic E-state index is -0.566. The Morgan fingerprint density at radius 2 is 0.990 bits per heavy atom. The number of aromatic nitrogens is 3. The van der Waals surface area contributed by atoms with Crippen molar-refractivity contribution in [3.05, 3.63) is 158 Å². The van der Waals surface area contributed by atoms with Crippen LogP contribution in [-0.4, -0.2) is 125 Å². The van der Waals surface area contributed by atoms with E-state index in [0.29, 0.717) is 38.6 Å². The molecular formula is C75H84B3N9O12S3. The highest BCUT2D eigenvalue weighted by molar-refractivity contribution is 7.19. The fourth-order valence-corrected chi connectivity index (χ4v) is 14.0. The van der Waals surface area contributed by atoms with Gasteiger partial charge in [-0.3, -0.25) is 4.79 Å². The number of fused-ring (bicyclic) bond motifs is 3. The van der Waals surface area contributed by atoms with Crippen molar-refractivity contribution in [2.24, 2.45) is 0 Å². The van der Waals surface area contributed by atoms with Crippen LogP contribution in [0.3, 0.4) is 0 Å².